The van der Waals surface area contributed by atoms with Crippen LogP contribution in [0, 0.1) is 34.6 Å². The second-order valence-corrected chi connectivity index (χ2v) is 6.95. The van der Waals surface area contributed by atoms with Crippen molar-refractivity contribution in [2.24, 2.45) is 0 Å². The highest BCUT2D eigenvalue weighted by Gasteiger charge is 2.16. The fraction of sp³-hybridized carbons (Fsp3) is 0.273. The van der Waals surface area contributed by atoms with Crippen molar-refractivity contribution < 1.29 is 4.79 Å². The summed E-state index contributed by atoms with van der Waals surface area (Å²) >= 11 is 0. The van der Waals surface area contributed by atoms with E-state index in [0.717, 1.165) is 22.6 Å². The molecule has 0 unspecified atom stereocenters. The topological polar surface area (TPSA) is 46.9 Å². The van der Waals surface area contributed by atoms with Crippen molar-refractivity contribution in [2.45, 2.75) is 41.2 Å². The zero-order valence-electron chi connectivity index (χ0n) is 16.1. The van der Waals surface area contributed by atoms with E-state index in [-0.39, 0.29) is 5.91 Å². The van der Waals surface area contributed by atoms with Gasteiger partial charge in [0.25, 0.3) is 5.91 Å². The molecule has 4 heteroatoms. The third-order valence-corrected chi connectivity index (χ3v) is 4.80. The number of benzene rings is 2. The zero-order chi connectivity index (χ0) is 18.8. The minimum absolute atomic E-state index is 0.102. The summed E-state index contributed by atoms with van der Waals surface area (Å²) < 4.78 is 1.94. The summed E-state index contributed by atoms with van der Waals surface area (Å²) in [5.41, 5.74) is 7.96. The van der Waals surface area contributed by atoms with Gasteiger partial charge in [0.1, 0.15) is 0 Å². The van der Waals surface area contributed by atoms with Gasteiger partial charge in [0, 0.05) is 5.56 Å². The highest BCUT2D eigenvalue weighted by Crippen LogP contribution is 2.22. The standard InChI is InChI=1S/C22H25N3O/c1-14-7-6-8-19(11-14)13-25-18(5)21(17(4)24-25)23-22(26)20-10-9-15(2)16(3)12-20/h6-12H,13H2,1-5H3,(H,23,26). The quantitative estimate of drug-likeness (QED) is 0.742. The molecule has 1 heterocycles. The molecule has 0 saturated heterocycles. The summed E-state index contributed by atoms with van der Waals surface area (Å²) in [4.78, 5) is 12.6. The first-order chi connectivity index (χ1) is 12.3. The van der Waals surface area contributed by atoms with Crippen molar-refractivity contribution in [3.05, 3.63) is 81.7 Å². The summed E-state index contributed by atoms with van der Waals surface area (Å²) in [6.45, 7) is 10.7. The first kappa shape index (κ1) is 17.9. The maximum atomic E-state index is 12.6. The first-order valence-electron chi connectivity index (χ1n) is 8.83. The molecular weight excluding hydrogens is 322 g/mol. The number of rotatable bonds is 4. The second kappa shape index (κ2) is 7.16. The Balaban J connectivity index is 1.83. The number of amides is 1. The van der Waals surface area contributed by atoms with E-state index in [1.807, 2.05) is 50.6 Å². The van der Waals surface area contributed by atoms with Crippen LogP contribution in [0.3, 0.4) is 0 Å². The maximum Gasteiger partial charge on any atom is 0.255 e. The Kier molecular flexibility index (Phi) is 4.94. The molecule has 0 atom stereocenters. The molecule has 0 aliphatic carbocycles. The highest BCUT2D eigenvalue weighted by atomic mass is 16.1. The van der Waals surface area contributed by atoms with Gasteiger partial charge >= 0.3 is 0 Å². The first-order valence-corrected chi connectivity index (χ1v) is 8.83. The van der Waals surface area contributed by atoms with E-state index >= 15 is 0 Å². The predicted octanol–water partition coefficient (Wildman–Crippen LogP) is 4.73. The van der Waals surface area contributed by atoms with Crippen molar-refractivity contribution in [2.75, 3.05) is 5.32 Å². The molecule has 1 N–H and O–H groups in total. The molecule has 0 bridgehead atoms. The van der Waals surface area contributed by atoms with E-state index in [1.165, 1.54) is 16.7 Å². The van der Waals surface area contributed by atoms with Gasteiger partial charge in [-0.2, -0.15) is 5.10 Å². The molecule has 1 amide bonds. The molecule has 134 valence electrons. The largest absolute Gasteiger partial charge is 0.319 e. The number of hydrogen-bond donors (Lipinski definition) is 1. The lowest BCUT2D eigenvalue weighted by molar-refractivity contribution is 0.102. The van der Waals surface area contributed by atoms with Crippen molar-refractivity contribution in [3.8, 4) is 0 Å². The summed E-state index contributed by atoms with van der Waals surface area (Å²) in [7, 11) is 0. The van der Waals surface area contributed by atoms with Crippen LogP contribution in [0.4, 0.5) is 5.69 Å². The van der Waals surface area contributed by atoms with Gasteiger partial charge in [0.2, 0.25) is 0 Å². The van der Waals surface area contributed by atoms with Crippen molar-refractivity contribution >= 4 is 11.6 Å². The Hall–Kier alpha value is -2.88. The summed E-state index contributed by atoms with van der Waals surface area (Å²) in [6.07, 6.45) is 0. The molecule has 1 aromatic heterocycles. The summed E-state index contributed by atoms with van der Waals surface area (Å²) in [6, 6.07) is 14.1. The van der Waals surface area contributed by atoms with E-state index in [1.54, 1.807) is 0 Å². The van der Waals surface area contributed by atoms with Gasteiger partial charge in [-0.3, -0.25) is 9.48 Å². The number of anilines is 1. The molecule has 0 aliphatic rings. The smallest absolute Gasteiger partial charge is 0.255 e. The van der Waals surface area contributed by atoms with Crippen molar-refractivity contribution in [1.82, 2.24) is 9.78 Å². The lowest BCUT2D eigenvalue weighted by Gasteiger charge is -2.09. The molecule has 26 heavy (non-hydrogen) atoms. The van der Waals surface area contributed by atoms with E-state index < -0.39 is 0 Å². The van der Waals surface area contributed by atoms with Crippen LogP contribution in [-0.2, 0) is 6.54 Å². The summed E-state index contributed by atoms with van der Waals surface area (Å²) in [5, 5.41) is 7.65. The molecular formula is C22H25N3O. The number of aromatic nitrogens is 2. The van der Waals surface area contributed by atoms with Gasteiger partial charge < -0.3 is 5.32 Å². The Labute approximate surface area is 154 Å². The third kappa shape index (κ3) is 3.69. The number of carbonyl (C=O) groups excluding carboxylic acids is 1. The Morgan fingerprint density at radius 2 is 1.77 bits per heavy atom. The molecule has 0 saturated carbocycles. The molecule has 3 rings (SSSR count). The van der Waals surface area contributed by atoms with Gasteiger partial charge in [-0.15, -0.1) is 0 Å². The highest BCUT2D eigenvalue weighted by molar-refractivity contribution is 6.05. The second-order valence-electron chi connectivity index (χ2n) is 6.95. The maximum absolute atomic E-state index is 12.6. The van der Waals surface area contributed by atoms with Crippen molar-refractivity contribution in [1.29, 1.82) is 0 Å². The Morgan fingerprint density at radius 1 is 1.00 bits per heavy atom. The van der Waals surface area contributed by atoms with E-state index in [4.69, 9.17) is 0 Å². The van der Waals surface area contributed by atoms with E-state index in [0.29, 0.717) is 12.1 Å². The number of nitrogens with zero attached hydrogens (tertiary/aromatic N) is 2. The number of nitrogens with one attached hydrogen (secondary N) is 1. The Bertz CT molecular complexity index is 970. The number of aryl methyl sites for hydroxylation is 4. The molecule has 2 aromatic carbocycles. The fourth-order valence-electron chi connectivity index (χ4n) is 3.08. The van der Waals surface area contributed by atoms with Crippen LogP contribution in [0.15, 0.2) is 42.5 Å². The van der Waals surface area contributed by atoms with Crippen LogP contribution in [-0.4, -0.2) is 15.7 Å². The van der Waals surface area contributed by atoms with Crippen molar-refractivity contribution in [3.63, 3.8) is 0 Å². The average Bonchev–Trinajstić information content (AvgIpc) is 2.85. The van der Waals surface area contributed by atoms with Crippen LogP contribution >= 0.6 is 0 Å². The zero-order valence-corrected chi connectivity index (χ0v) is 16.1. The number of hydrogen-bond acceptors (Lipinski definition) is 2. The SMILES string of the molecule is Cc1cccc(Cn2nc(C)c(NC(=O)c3ccc(C)c(C)c3)c2C)c1. The number of carbonyl (C=O) groups is 1. The normalized spacial score (nSPS) is 10.8. The third-order valence-electron chi connectivity index (χ3n) is 4.80. The van der Waals surface area contributed by atoms with Crippen LogP contribution in [0.25, 0.3) is 0 Å². The van der Waals surface area contributed by atoms with Crippen LogP contribution in [0.1, 0.15) is 44.0 Å². The lowest BCUT2D eigenvalue weighted by Crippen LogP contribution is -2.13. The van der Waals surface area contributed by atoms with Crippen LogP contribution in [0.5, 0.6) is 0 Å². The molecule has 4 nitrogen and oxygen atoms in total. The molecule has 3 aromatic rings. The Morgan fingerprint density at radius 3 is 2.46 bits per heavy atom. The predicted molar refractivity (Wildman–Crippen MR) is 106 cm³/mol. The van der Waals surface area contributed by atoms with E-state index in [9.17, 15) is 4.79 Å². The molecule has 0 fully saturated rings. The fourth-order valence-corrected chi connectivity index (χ4v) is 3.08. The van der Waals surface area contributed by atoms with Gasteiger partial charge in [0.05, 0.1) is 23.6 Å². The van der Waals surface area contributed by atoms with Crippen LogP contribution in [0.2, 0.25) is 0 Å². The lowest BCUT2D eigenvalue weighted by atomic mass is 10.1. The minimum atomic E-state index is -0.102. The monoisotopic (exact) mass is 347 g/mol. The minimum Gasteiger partial charge on any atom is -0.319 e. The molecule has 0 spiro atoms. The van der Waals surface area contributed by atoms with E-state index in [2.05, 4.69) is 41.6 Å². The summed E-state index contributed by atoms with van der Waals surface area (Å²) in [5.74, 6) is -0.102. The van der Waals surface area contributed by atoms with Gasteiger partial charge in [-0.25, -0.2) is 0 Å². The van der Waals surface area contributed by atoms with Gasteiger partial charge in [-0.05, 0) is 63.4 Å². The average molecular weight is 347 g/mol. The molecule has 0 aliphatic heterocycles. The van der Waals surface area contributed by atoms with Gasteiger partial charge in [0.15, 0.2) is 0 Å². The molecule has 0 radical (unpaired) electrons. The van der Waals surface area contributed by atoms with Gasteiger partial charge in [-0.1, -0.05) is 35.9 Å². The van der Waals surface area contributed by atoms with Crippen LogP contribution < -0.4 is 5.32 Å².